The highest BCUT2D eigenvalue weighted by atomic mass is 19.4. The molecule has 0 aromatic heterocycles. The second-order valence-corrected chi connectivity index (χ2v) is 4.92. The summed E-state index contributed by atoms with van der Waals surface area (Å²) in [6.07, 6.45) is -3.42. The van der Waals surface area contributed by atoms with E-state index in [1.54, 1.807) is 6.92 Å². The lowest BCUT2D eigenvalue weighted by Crippen LogP contribution is -2.50. The van der Waals surface area contributed by atoms with Crippen molar-refractivity contribution in [3.05, 3.63) is 0 Å². The molecular weight excluding hydrogens is 277 g/mol. The van der Waals surface area contributed by atoms with Gasteiger partial charge in [-0.15, -0.1) is 0 Å². The second kappa shape index (κ2) is 6.81. The molecule has 5 nitrogen and oxygen atoms in total. The normalized spacial score (nSPS) is 17.1. The Morgan fingerprint density at radius 2 is 1.85 bits per heavy atom. The maximum absolute atomic E-state index is 12.4. The largest absolute Gasteiger partial charge is 0.481 e. The van der Waals surface area contributed by atoms with Gasteiger partial charge in [0.05, 0.1) is 5.92 Å². The molecular formula is C12H19F3N2O3. The molecule has 1 fully saturated rings. The number of alkyl halides is 3. The topological polar surface area (TPSA) is 60.9 Å². The van der Waals surface area contributed by atoms with Crippen LogP contribution in [0.4, 0.5) is 18.0 Å². The molecule has 0 saturated carbocycles. The highest BCUT2D eigenvalue weighted by molar-refractivity contribution is 5.75. The summed E-state index contributed by atoms with van der Waals surface area (Å²) in [5.41, 5.74) is 0. The van der Waals surface area contributed by atoms with Gasteiger partial charge in [-0.05, 0) is 19.3 Å². The lowest BCUT2D eigenvalue weighted by Gasteiger charge is -2.35. The molecule has 0 radical (unpaired) electrons. The molecule has 0 bridgehead atoms. The first kappa shape index (κ1) is 16.6. The summed E-state index contributed by atoms with van der Waals surface area (Å²) in [6.45, 7) is 0.852. The van der Waals surface area contributed by atoms with Gasteiger partial charge in [-0.2, -0.15) is 13.2 Å². The van der Waals surface area contributed by atoms with Gasteiger partial charge in [-0.25, -0.2) is 4.79 Å². The average molecular weight is 296 g/mol. The van der Waals surface area contributed by atoms with E-state index in [-0.39, 0.29) is 32.5 Å². The molecule has 8 heteroatoms. The second-order valence-electron chi connectivity index (χ2n) is 4.92. The summed E-state index contributed by atoms with van der Waals surface area (Å²) in [4.78, 5) is 24.9. The minimum Gasteiger partial charge on any atom is -0.481 e. The van der Waals surface area contributed by atoms with Crippen LogP contribution in [0.25, 0.3) is 0 Å². The Labute approximate surface area is 115 Å². The first-order valence-corrected chi connectivity index (χ1v) is 6.58. The summed E-state index contributed by atoms with van der Waals surface area (Å²) < 4.78 is 37.3. The first-order chi connectivity index (χ1) is 9.24. The number of aliphatic carboxylic acids is 1. The number of likely N-dealkylation sites (tertiary alicyclic amines) is 1. The third-order valence-electron chi connectivity index (χ3n) is 3.25. The van der Waals surface area contributed by atoms with Crippen LogP contribution in [-0.2, 0) is 4.79 Å². The Kier molecular flexibility index (Phi) is 5.64. The van der Waals surface area contributed by atoms with E-state index in [2.05, 4.69) is 0 Å². The Hall–Kier alpha value is -1.47. The van der Waals surface area contributed by atoms with Gasteiger partial charge in [0.2, 0.25) is 0 Å². The molecule has 1 rings (SSSR count). The van der Waals surface area contributed by atoms with Gasteiger partial charge in [0.25, 0.3) is 0 Å². The number of carboxylic acid groups (broad SMARTS) is 1. The van der Waals surface area contributed by atoms with Crippen molar-refractivity contribution in [2.75, 3.05) is 26.2 Å². The number of nitrogens with zero attached hydrogens (tertiary/aromatic N) is 2. The maximum atomic E-state index is 12.4. The number of rotatable bonds is 4. The zero-order valence-electron chi connectivity index (χ0n) is 11.3. The fourth-order valence-electron chi connectivity index (χ4n) is 2.25. The molecule has 116 valence electrons. The number of urea groups is 1. The molecule has 20 heavy (non-hydrogen) atoms. The van der Waals surface area contributed by atoms with Crippen LogP contribution in [0.3, 0.4) is 0 Å². The first-order valence-electron chi connectivity index (χ1n) is 6.58. The van der Waals surface area contributed by atoms with E-state index < -0.39 is 30.6 Å². The molecule has 0 aromatic carbocycles. The predicted octanol–water partition coefficient (Wildman–Crippen LogP) is 2.18. The van der Waals surface area contributed by atoms with E-state index in [9.17, 15) is 22.8 Å². The number of piperidine rings is 1. The van der Waals surface area contributed by atoms with Gasteiger partial charge in [0, 0.05) is 19.6 Å². The number of halogens is 3. The van der Waals surface area contributed by atoms with Crippen LogP contribution >= 0.6 is 0 Å². The Morgan fingerprint density at radius 3 is 2.25 bits per heavy atom. The van der Waals surface area contributed by atoms with Crippen LogP contribution in [-0.4, -0.2) is 59.3 Å². The molecule has 0 atom stereocenters. The molecule has 0 unspecified atom stereocenters. The van der Waals surface area contributed by atoms with E-state index in [1.165, 1.54) is 4.90 Å². The third kappa shape index (κ3) is 4.90. The van der Waals surface area contributed by atoms with Crippen LogP contribution in [0.15, 0.2) is 0 Å². The van der Waals surface area contributed by atoms with Gasteiger partial charge < -0.3 is 14.9 Å². The number of hydrogen-bond acceptors (Lipinski definition) is 2. The van der Waals surface area contributed by atoms with E-state index in [0.29, 0.717) is 6.42 Å². The molecule has 0 aromatic rings. The Balaban J connectivity index is 2.60. The summed E-state index contributed by atoms with van der Waals surface area (Å²) in [7, 11) is 0. The summed E-state index contributed by atoms with van der Waals surface area (Å²) >= 11 is 0. The fourth-order valence-corrected chi connectivity index (χ4v) is 2.25. The lowest BCUT2D eigenvalue weighted by atomic mass is 9.97. The molecule has 2 amide bonds. The number of amides is 2. The Bertz CT molecular complexity index is 352. The summed E-state index contributed by atoms with van der Waals surface area (Å²) in [5.74, 6) is -1.43. The highest BCUT2D eigenvalue weighted by Gasteiger charge is 2.35. The fraction of sp³-hybridized carbons (Fsp3) is 0.833. The molecule has 0 aliphatic carbocycles. The van der Waals surface area contributed by atoms with Gasteiger partial charge in [0.1, 0.15) is 6.54 Å². The van der Waals surface area contributed by atoms with Gasteiger partial charge in [-0.1, -0.05) is 6.92 Å². The minimum absolute atomic E-state index is 0.0389. The van der Waals surface area contributed by atoms with Crippen molar-refractivity contribution in [3.63, 3.8) is 0 Å². The molecule has 0 spiro atoms. The van der Waals surface area contributed by atoms with Crippen molar-refractivity contribution in [3.8, 4) is 0 Å². The monoisotopic (exact) mass is 296 g/mol. The van der Waals surface area contributed by atoms with Crippen LogP contribution in [0.2, 0.25) is 0 Å². The van der Waals surface area contributed by atoms with Crippen molar-refractivity contribution in [1.29, 1.82) is 0 Å². The van der Waals surface area contributed by atoms with Crippen LogP contribution in [0.5, 0.6) is 0 Å². The Morgan fingerprint density at radius 1 is 1.30 bits per heavy atom. The van der Waals surface area contributed by atoms with Gasteiger partial charge >= 0.3 is 18.2 Å². The average Bonchev–Trinajstić information content (AvgIpc) is 2.36. The highest BCUT2D eigenvalue weighted by Crippen LogP contribution is 2.21. The zero-order valence-corrected chi connectivity index (χ0v) is 11.3. The van der Waals surface area contributed by atoms with Crippen molar-refractivity contribution in [2.24, 2.45) is 5.92 Å². The standard InChI is InChI=1S/C12H19F3N2O3/c1-2-5-17(8-12(13,14)15)11(20)16-6-3-9(4-7-16)10(18)19/h9H,2-8H2,1H3,(H,18,19). The van der Waals surface area contributed by atoms with Crippen molar-refractivity contribution >= 4 is 12.0 Å². The SMILES string of the molecule is CCCN(CC(F)(F)F)C(=O)N1CCC(C(=O)O)CC1. The number of carbonyl (C=O) groups excluding carboxylic acids is 1. The predicted molar refractivity (Wildman–Crippen MR) is 65.2 cm³/mol. The lowest BCUT2D eigenvalue weighted by molar-refractivity contribution is -0.143. The molecule has 1 N–H and O–H groups in total. The third-order valence-corrected chi connectivity index (χ3v) is 3.25. The number of carboxylic acids is 1. The van der Waals surface area contributed by atoms with Gasteiger partial charge in [-0.3, -0.25) is 4.79 Å². The molecule has 1 aliphatic rings. The van der Waals surface area contributed by atoms with E-state index in [1.807, 2.05) is 0 Å². The summed E-state index contributed by atoms with van der Waals surface area (Å²) in [6, 6.07) is -0.659. The summed E-state index contributed by atoms with van der Waals surface area (Å²) in [5, 5.41) is 8.85. The minimum atomic E-state index is -4.43. The van der Waals surface area contributed by atoms with Crippen molar-refractivity contribution in [1.82, 2.24) is 9.80 Å². The van der Waals surface area contributed by atoms with Crippen molar-refractivity contribution in [2.45, 2.75) is 32.4 Å². The number of carbonyl (C=O) groups is 2. The molecule has 1 heterocycles. The molecule has 1 saturated heterocycles. The van der Waals surface area contributed by atoms with Crippen LogP contribution < -0.4 is 0 Å². The van der Waals surface area contributed by atoms with E-state index in [4.69, 9.17) is 5.11 Å². The van der Waals surface area contributed by atoms with Crippen LogP contribution in [0.1, 0.15) is 26.2 Å². The van der Waals surface area contributed by atoms with E-state index in [0.717, 1.165) is 4.90 Å². The maximum Gasteiger partial charge on any atom is 0.406 e. The van der Waals surface area contributed by atoms with Crippen molar-refractivity contribution < 1.29 is 27.9 Å². The smallest absolute Gasteiger partial charge is 0.406 e. The zero-order chi connectivity index (χ0) is 15.3. The molecule has 1 aliphatic heterocycles. The quantitative estimate of drug-likeness (QED) is 0.865. The van der Waals surface area contributed by atoms with E-state index >= 15 is 0 Å². The van der Waals surface area contributed by atoms with Crippen LogP contribution in [0, 0.1) is 5.92 Å². The van der Waals surface area contributed by atoms with Gasteiger partial charge in [0.15, 0.2) is 0 Å². The number of hydrogen-bond donors (Lipinski definition) is 1.